The number of carbonyl (C=O) groups excluding carboxylic acids is 1. The van der Waals surface area contributed by atoms with Crippen LogP contribution in [0.4, 0.5) is 5.13 Å². The third-order valence-corrected chi connectivity index (χ3v) is 5.29. The highest BCUT2D eigenvalue weighted by Crippen LogP contribution is 2.32. The summed E-state index contributed by atoms with van der Waals surface area (Å²) in [5.41, 5.74) is 1.94. The monoisotopic (exact) mass is 381 g/mol. The quantitative estimate of drug-likeness (QED) is 0.800. The molecule has 0 saturated carbocycles. The third kappa shape index (κ3) is 4.51. The van der Waals surface area contributed by atoms with Gasteiger partial charge in [0.05, 0.1) is 12.3 Å². The second-order valence-corrected chi connectivity index (χ2v) is 7.28. The molecular weight excluding hydrogens is 358 g/mol. The van der Waals surface area contributed by atoms with Gasteiger partial charge in [-0.2, -0.15) is 0 Å². The third-order valence-electron chi connectivity index (χ3n) is 4.40. The minimum atomic E-state index is 0. The van der Waals surface area contributed by atoms with Crippen LogP contribution >= 0.6 is 23.7 Å². The van der Waals surface area contributed by atoms with E-state index in [1.54, 1.807) is 0 Å². The van der Waals surface area contributed by atoms with Crippen LogP contribution in [0.1, 0.15) is 18.7 Å². The van der Waals surface area contributed by atoms with E-state index in [-0.39, 0.29) is 24.2 Å². The van der Waals surface area contributed by atoms with Gasteiger partial charge in [0.2, 0.25) is 5.91 Å². The van der Waals surface area contributed by atoms with E-state index < -0.39 is 0 Å². The average molecular weight is 382 g/mol. The zero-order chi connectivity index (χ0) is 17.1. The zero-order valence-corrected chi connectivity index (χ0v) is 16.3. The van der Waals surface area contributed by atoms with E-state index in [1.807, 2.05) is 45.0 Å². The fourth-order valence-corrected chi connectivity index (χ4v) is 3.53. The van der Waals surface area contributed by atoms with Crippen LogP contribution in [0.5, 0.6) is 5.75 Å². The van der Waals surface area contributed by atoms with Crippen LogP contribution in [0, 0.1) is 18.8 Å². The van der Waals surface area contributed by atoms with Crippen LogP contribution in [-0.4, -0.2) is 30.6 Å². The Morgan fingerprint density at radius 1 is 1.40 bits per heavy atom. The van der Waals surface area contributed by atoms with E-state index in [1.165, 1.54) is 11.3 Å². The van der Waals surface area contributed by atoms with Gasteiger partial charge in [-0.3, -0.25) is 4.79 Å². The van der Waals surface area contributed by atoms with Crippen molar-refractivity contribution < 1.29 is 9.53 Å². The highest BCUT2D eigenvalue weighted by atomic mass is 35.5. The number of anilines is 1. The molecule has 0 bridgehead atoms. The fraction of sp³-hybridized carbons (Fsp3) is 0.444. The van der Waals surface area contributed by atoms with Gasteiger partial charge in [-0.15, -0.1) is 23.7 Å². The normalized spacial score (nSPS) is 15.0. The Hall–Kier alpha value is -1.63. The van der Waals surface area contributed by atoms with Crippen molar-refractivity contribution in [2.75, 3.05) is 25.0 Å². The lowest BCUT2D eigenvalue weighted by molar-refractivity contribution is -0.121. The Labute approximate surface area is 158 Å². The molecule has 136 valence electrons. The van der Waals surface area contributed by atoms with Crippen molar-refractivity contribution >= 4 is 34.8 Å². The molecule has 7 heteroatoms. The second-order valence-electron chi connectivity index (χ2n) is 6.08. The number of nitrogens with zero attached hydrogens (tertiary/aromatic N) is 1. The molecule has 0 radical (unpaired) electrons. The van der Waals surface area contributed by atoms with Crippen LogP contribution in [0.25, 0.3) is 11.3 Å². The Bertz CT molecular complexity index is 714. The number of rotatable bonds is 6. The fourth-order valence-electron chi connectivity index (χ4n) is 2.69. The maximum absolute atomic E-state index is 12.3. The summed E-state index contributed by atoms with van der Waals surface area (Å²) >= 11 is 1.52. The van der Waals surface area contributed by atoms with Crippen molar-refractivity contribution in [1.29, 1.82) is 0 Å². The summed E-state index contributed by atoms with van der Waals surface area (Å²) in [5.74, 6) is 1.33. The number of aromatic nitrogens is 1. The maximum atomic E-state index is 12.3. The van der Waals surface area contributed by atoms with Gasteiger partial charge in [0, 0.05) is 16.4 Å². The van der Waals surface area contributed by atoms with Gasteiger partial charge in [0.1, 0.15) is 5.75 Å². The zero-order valence-electron chi connectivity index (χ0n) is 14.7. The van der Waals surface area contributed by atoms with Crippen LogP contribution in [0.15, 0.2) is 24.3 Å². The van der Waals surface area contributed by atoms with E-state index in [0.29, 0.717) is 17.7 Å². The topological polar surface area (TPSA) is 63.2 Å². The molecule has 0 aliphatic carbocycles. The lowest BCUT2D eigenvalue weighted by Crippen LogP contribution is -2.48. The maximum Gasteiger partial charge on any atom is 0.229 e. The predicted molar refractivity (Wildman–Crippen MR) is 105 cm³/mol. The minimum Gasteiger partial charge on any atom is -0.494 e. The molecule has 1 aliphatic heterocycles. The molecule has 1 aromatic heterocycles. The summed E-state index contributed by atoms with van der Waals surface area (Å²) < 4.78 is 5.47. The lowest BCUT2D eigenvalue weighted by Gasteiger charge is -2.31. The number of hydrogen-bond acceptors (Lipinski definition) is 5. The molecule has 1 aromatic carbocycles. The molecular formula is C18H24ClN3O2S. The SMILES string of the molecule is CCOc1ccc(-c2nc(NC(=O)C(C)C3CNC3)sc2C)cc1.Cl. The Kier molecular flexibility index (Phi) is 6.81. The van der Waals surface area contributed by atoms with Gasteiger partial charge >= 0.3 is 0 Å². The number of ether oxygens (including phenoxy) is 1. The standard InChI is InChI=1S/C18H23N3O2S.ClH/c1-4-23-15-7-5-13(6-8-15)16-12(3)24-18(20-16)21-17(22)11(2)14-9-19-10-14;/h5-8,11,14,19H,4,9-10H2,1-3H3,(H,20,21,22);1H. The number of carbonyl (C=O) groups is 1. The summed E-state index contributed by atoms with van der Waals surface area (Å²) in [7, 11) is 0. The molecule has 1 fully saturated rings. The second kappa shape index (κ2) is 8.65. The van der Waals surface area contributed by atoms with Crippen LogP contribution in [0.2, 0.25) is 0 Å². The molecule has 0 spiro atoms. The van der Waals surface area contributed by atoms with Crippen molar-refractivity contribution in [3.63, 3.8) is 0 Å². The van der Waals surface area contributed by atoms with Crippen molar-refractivity contribution in [1.82, 2.24) is 10.3 Å². The van der Waals surface area contributed by atoms with Crippen LogP contribution in [-0.2, 0) is 4.79 Å². The molecule has 2 aromatic rings. The Balaban J connectivity index is 0.00000225. The number of hydrogen-bond donors (Lipinski definition) is 2. The number of halogens is 1. The highest BCUT2D eigenvalue weighted by Gasteiger charge is 2.29. The molecule has 1 saturated heterocycles. The number of benzene rings is 1. The van der Waals surface area contributed by atoms with Crippen molar-refractivity contribution in [3.8, 4) is 17.0 Å². The van der Waals surface area contributed by atoms with Gasteiger partial charge in [-0.1, -0.05) is 6.92 Å². The lowest BCUT2D eigenvalue weighted by atomic mass is 9.88. The van der Waals surface area contributed by atoms with Gasteiger partial charge in [-0.25, -0.2) is 4.98 Å². The summed E-state index contributed by atoms with van der Waals surface area (Å²) in [6, 6.07) is 7.89. The van der Waals surface area contributed by atoms with E-state index in [4.69, 9.17) is 4.74 Å². The first-order valence-corrected chi connectivity index (χ1v) is 9.12. The van der Waals surface area contributed by atoms with E-state index >= 15 is 0 Å². The molecule has 5 nitrogen and oxygen atoms in total. The molecule has 2 N–H and O–H groups in total. The van der Waals surface area contributed by atoms with Gasteiger partial charge in [-0.05, 0) is 57.1 Å². The highest BCUT2D eigenvalue weighted by molar-refractivity contribution is 7.16. The van der Waals surface area contributed by atoms with E-state index in [0.717, 1.165) is 35.0 Å². The van der Waals surface area contributed by atoms with Gasteiger partial charge < -0.3 is 15.4 Å². The first-order chi connectivity index (χ1) is 11.6. The molecule has 1 atom stereocenters. The minimum absolute atomic E-state index is 0. The molecule has 1 aliphatic rings. The number of thiazole rings is 1. The first-order valence-electron chi connectivity index (χ1n) is 8.30. The average Bonchev–Trinajstić information content (AvgIpc) is 2.87. The van der Waals surface area contributed by atoms with Crippen molar-refractivity contribution in [2.24, 2.45) is 11.8 Å². The van der Waals surface area contributed by atoms with Gasteiger partial charge in [0.25, 0.3) is 0 Å². The predicted octanol–water partition coefficient (Wildman–Crippen LogP) is 3.73. The van der Waals surface area contributed by atoms with Crippen LogP contribution in [0.3, 0.4) is 0 Å². The van der Waals surface area contributed by atoms with Crippen molar-refractivity contribution in [3.05, 3.63) is 29.1 Å². The molecule has 1 unspecified atom stereocenters. The van der Waals surface area contributed by atoms with Gasteiger partial charge in [0.15, 0.2) is 5.13 Å². The summed E-state index contributed by atoms with van der Waals surface area (Å²) in [5, 5.41) is 6.84. The number of amides is 1. The smallest absolute Gasteiger partial charge is 0.229 e. The first kappa shape index (κ1) is 19.7. The number of nitrogens with one attached hydrogen (secondary N) is 2. The molecule has 1 amide bonds. The van der Waals surface area contributed by atoms with Crippen molar-refractivity contribution in [2.45, 2.75) is 20.8 Å². The summed E-state index contributed by atoms with van der Waals surface area (Å²) in [4.78, 5) is 18.0. The van der Waals surface area contributed by atoms with Crippen LogP contribution < -0.4 is 15.4 Å². The molecule has 25 heavy (non-hydrogen) atoms. The number of aryl methyl sites for hydroxylation is 1. The summed E-state index contributed by atoms with van der Waals surface area (Å²) in [6.45, 7) is 8.47. The molecule has 2 heterocycles. The summed E-state index contributed by atoms with van der Waals surface area (Å²) in [6.07, 6.45) is 0. The Morgan fingerprint density at radius 2 is 2.08 bits per heavy atom. The largest absolute Gasteiger partial charge is 0.494 e. The van der Waals surface area contributed by atoms with E-state index in [9.17, 15) is 4.79 Å². The Morgan fingerprint density at radius 3 is 2.64 bits per heavy atom. The van der Waals surface area contributed by atoms with E-state index in [2.05, 4.69) is 15.6 Å². The molecule has 3 rings (SSSR count).